The van der Waals surface area contributed by atoms with Gasteiger partial charge in [0.25, 0.3) is 5.56 Å². The maximum absolute atomic E-state index is 12.4. The highest BCUT2D eigenvalue weighted by atomic mass is 16.5. The van der Waals surface area contributed by atoms with Crippen LogP contribution in [0.25, 0.3) is 11.4 Å². The average Bonchev–Trinajstić information content (AvgIpc) is 2.78. The topological polar surface area (TPSA) is 106 Å². The largest absolute Gasteiger partial charge is 0.493 e. The number of aromatic nitrogens is 3. The van der Waals surface area contributed by atoms with Gasteiger partial charge in [-0.05, 0) is 43.9 Å². The van der Waals surface area contributed by atoms with E-state index in [1.54, 1.807) is 25.3 Å². The number of aryl methyl sites for hydroxylation is 1. The molecule has 8 nitrogen and oxygen atoms in total. The molecule has 3 rings (SSSR count). The second-order valence-corrected chi connectivity index (χ2v) is 7.56. The Hall–Kier alpha value is -2.90. The average molecular weight is 415 g/mol. The molecule has 1 aliphatic rings. The van der Waals surface area contributed by atoms with E-state index in [2.05, 4.69) is 20.5 Å². The van der Waals surface area contributed by atoms with Crippen LogP contribution < -0.4 is 20.3 Å². The predicted molar refractivity (Wildman–Crippen MR) is 114 cm³/mol. The van der Waals surface area contributed by atoms with E-state index in [-0.39, 0.29) is 30.0 Å². The molecule has 0 atom stereocenters. The number of hydrogen-bond acceptors (Lipinski definition) is 6. The Morgan fingerprint density at radius 1 is 1.20 bits per heavy atom. The zero-order valence-electron chi connectivity index (χ0n) is 17.7. The summed E-state index contributed by atoms with van der Waals surface area (Å²) in [5.74, 6) is 2.04. The third-order valence-electron chi connectivity index (χ3n) is 5.40. The molecule has 0 aliphatic heterocycles. The molecule has 0 saturated heterocycles. The van der Waals surface area contributed by atoms with Crippen molar-refractivity contribution < 1.29 is 14.3 Å². The predicted octanol–water partition coefficient (Wildman–Crippen LogP) is 2.87. The van der Waals surface area contributed by atoms with Crippen molar-refractivity contribution in [2.75, 3.05) is 20.3 Å². The highest BCUT2D eigenvalue weighted by Gasteiger charge is 2.15. The summed E-state index contributed by atoms with van der Waals surface area (Å²) in [4.78, 5) is 27.3. The number of amides is 1. The van der Waals surface area contributed by atoms with Crippen LogP contribution in [0.15, 0.2) is 23.0 Å². The zero-order valence-corrected chi connectivity index (χ0v) is 17.7. The number of carbonyl (C=O) groups excluding carboxylic acids is 1. The highest BCUT2D eigenvalue weighted by Crippen LogP contribution is 2.31. The number of benzene rings is 1. The quantitative estimate of drug-likeness (QED) is 0.654. The number of H-pyrrole nitrogens is 1. The third kappa shape index (κ3) is 5.81. The zero-order chi connectivity index (χ0) is 21.3. The second kappa shape index (κ2) is 10.8. The summed E-state index contributed by atoms with van der Waals surface area (Å²) in [7, 11) is 1.55. The van der Waals surface area contributed by atoms with Crippen LogP contribution >= 0.6 is 0 Å². The SMILES string of the molecule is CCOc1ccc(-c2nnc(CCC(=O)NCC3CCCCC3)c(=O)[nH]2)cc1OC. The molecular formula is C22H30N4O4. The van der Waals surface area contributed by atoms with Gasteiger partial charge in [0, 0.05) is 24.9 Å². The molecule has 0 unspecified atom stereocenters. The van der Waals surface area contributed by atoms with E-state index in [0.717, 1.165) is 6.54 Å². The van der Waals surface area contributed by atoms with E-state index in [1.807, 2.05) is 6.92 Å². The highest BCUT2D eigenvalue weighted by molar-refractivity contribution is 5.76. The summed E-state index contributed by atoms with van der Waals surface area (Å²) in [5, 5.41) is 11.2. The van der Waals surface area contributed by atoms with E-state index in [1.165, 1.54) is 32.1 Å². The Morgan fingerprint density at radius 2 is 2.00 bits per heavy atom. The van der Waals surface area contributed by atoms with E-state index >= 15 is 0 Å². The van der Waals surface area contributed by atoms with Crippen molar-refractivity contribution >= 4 is 5.91 Å². The maximum Gasteiger partial charge on any atom is 0.273 e. The lowest BCUT2D eigenvalue weighted by Gasteiger charge is -2.21. The minimum atomic E-state index is -0.340. The second-order valence-electron chi connectivity index (χ2n) is 7.56. The summed E-state index contributed by atoms with van der Waals surface area (Å²) in [5.41, 5.74) is 0.578. The van der Waals surface area contributed by atoms with Gasteiger partial charge < -0.3 is 19.8 Å². The van der Waals surface area contributed by atoms with Crippen LogP contribution in [0, 0.1) is 5.92 Å². The van der Waals surface area contributed by atoms with E-state index in [9.17, 15) is 9.59 Å². The number of nitrogens with zero attached hydrogens (tertiary/aromatic N) is 2. The molecule has 0 bridgehead atoms. The number of hydrogen-bond donors (Lipinski definition) is 2. The smallest absolute Gasteiger partial charge is 0.273 e. The van der Waals surface area contributed by atoms with Gasteiger partial charge in [-0.15, -0.1) is 10.2 Å². The Balaban J connectivity index is 1.58. The molecule has 1 aliphatic carbocycles. The van der Waals surface area contributed by atoms with Gasteiger partial charge in [0.05, 0.1) is 13.7 Å². The molecule has 162 valence electrons. The number of carbonyl (C=O) groups is 1. The number of methoxy groups -OCH3 is 1. The van der Waals surface area contributed by atoms with Crippen LogP contribution in [0.5, 0.6) is 11.5 Å². The molecule has 8 heteroatoms. The van der Waals surface area contributed by atoms with Crippen molar-refractivity contribution in [3.8, 4) is 22.9 Å². The van der Waals surface area contributed by atoms with Crippen molar-refractivity contribution in [2.24, 2.45) is 5.92 Å². The Labute approximate surface area is 176 Å². The molecular weight excluding hydrogens is 384 g/mol. The van der Waals surface area contributed by atoms with Gasteiger partial charge in [0.15, 0.2) is 17.3 Å². The lowest BCUT2D eigenvalue weighted by Crippen LogP contribution is -2.31. The van der Waals surface area contributed by atoms with Gasteiger partial charge in [0.1, 0.15) is 5.69 Å². The minimum absolute atomic E-state index is 0.0536. The van der Waals surface area contributed by atoms with E-state index in [0.29, 0.717) is 35.4 Å². The first-order valence-corrected chi connectivity index (χ1v) is 10.6. The Bertz CT molecular complexity index is 906. The fraction of sp³-hybridized carbons (Fsp3) is 0.545. The van der Waals surface area contributed by atoms with Gasteiger partial charge in [-0.1, -0.05) is 19.3 Å². The minimum Gasteiger partial charge on any atom is -0.493 e. The molecule has 1 heterocycles. The summed E-state index contributed by atoms with van der Waals surface area (Å²) in [6, 6.07) is 5.29. The van der Waals surface area contributed by atoms with Crippen molar-refractivity contribution in [3.05, 3.63) is 34.2 Å². The van der Waals surface area contributed by atoms with Crippen LogP contribution in [0.2, 0.25) is 0 Å². The van der Waals surface area contributed by atoms with Crippen LogP contribution in [0.4, 0.5) is 0 Å². The lowest BCUT2D eigenvalue weighted by molar-refractivity contribution is -0.121. The van der Waals surface area contributed by atoms with Crippen molar-refractivity contribution in [2.45, 2.75) is 51.9 Å². The molecule has 1 amide bonds. The molecule has 2 N–H and O–H groups in total. The molecule has 0 spiro atoms. The number of aromatic amines is 1. The lowest BCUT2D eigenvalue weighted by atomic mass is 9.89. The first-order chi connectivity index (χ1) is 14.6. The fourth-order valence-electron chi connectivity index (χ4n) is 3.71. The van der Waals surface area contributed by atoms with Crippen LogP contribution in [0.1, 0.15) is 51.1 Å². The number of rotatable bonds is 9. The van der Waals surface area contributed by atoms with Gasteiger partial charge >= 0.3 is 0 Å². The first kappa shape index (κ1) is 21.8. The molecule has 1 saturated carbocycles. The number of nitrogens with one attached hydrogen (secondary N) is 2. The van der Waals surface area contributed by atoms with Gasteiger partial charge in [-0.25, -0.2) is 0 Å². The summed E-state index contributed by atoms with van der Waals surface area (Å²) in [6.07, 6.45) is 6.64. The van der Waals surface area contributed by atoms with Gasteiger partial charge in [-0.3, -0.25) is 9.59 Å². The molecule has 1 aromatic heterocycles. The Kier molecular flexibility index (Phi) is 7.82. The molecule has 30 heavy (non-hydrogen) atoms. The van der Waals surface area contributed by atoms with Crippen molar-refractivity contribution in [3.63, 3.8) is 0 Å². The summed E-state index contributed by atoms with van der Waals surface area (Å²) >= 11 is 0. The summed E-state index contributed by atoms with van der Waals surface area (Å²) < 4.78 is 10.8. The standard InChI is InChI=1S/C22H30N4O4/c1-3-30-18-11-9-16(13-19(18)29-2)21-24-22(28)17(25-26-21)10-12-20(27)23-14-15-7-5-4-6-8-15/h9,11,13,15H,3-8,10,12,14H2,1-2H3,(H,23,27)(H,24,26,28). The third-order valence-corrected chi connectivity index (χ3v) is 5.40. The molecule has 1 aromatic carbocycles. The maximum atomic E-state index is 12.4. The monoisotopic (exact) mass is 414 g/mol. The fourth-order valence-corrected chi connectivity index (χ4v) is 3.71. The van der Waals surface area contributed by atoms with Crippen molar-refractivity contribution in [1.29, 1.82) is 0 Å². The van der Waals surface area contributed by atoms with Crippen LogP contribution in [0.3, 0.4) is 0 Å². The van der Waals surface area contributed by atoms with E-state index in [4.69, 9.17) is 9.47 Å². The number of ether oxygens (including phenoxy) is 2. The molecule has 2 aromatic rings. The first-order valence-electron chi connectivity index (χ1n) is 10.6. The van der Waals surface area contributed by atoms with Gasteiger partial charge in [-0.2, -0.15) is 0 Å². The van der Waals surface area contributed by atoms with Crippen LogP contribution in [-0.4, -0.2) is 41.3 Å². The molecule has 0 radical (unpaired) electrons. The van der Waals surface area contributed by atoms with Gasteiger partial charge in [0.2, 0.25) is 5.91 Å². The normalized spacial score (nSPS) is 14.3. The van der Waals surface area contributed by atoms with E-state index < -0.39 is 0 Å². The van der Waals surface area contributed by atoms with Crippen LogP contribution in [-0.2, 0) is 11.2 Å². The Morgan fingerprint density at radius 3 is 2.70 bits per heavy atom. The summed E-state index contributed by atoms with van der Waals surface area (Å²) in [6.45, 7) is 3.14. The van der Waals surface area contributed by atoms with Crippen molar-refractivity contribution in [1.82, 2.24) is 20.5 Å². The molecule has 1 fully saturated rings.